The van der Waals surface area contributed by atoms with E-state index < -0.39 is 11.4 Å². The zero-order chi connectivity index (χ0) is 21.2. The van der Waals surface area contributed by atoms with Crippen LogP contribution in [0.5, 0.6) is 11.5 Å². The minimum atomic E-state index is -0.636. The Morgan fingerprint density at radius 3 is 2.69 bits per heavy atom. The number of methoxy groups -OCH3 is 1. The molecule has 154 valence electrons. The van der Waals surface area contributed by atoms with Gasteiger partial charge in [-0.15, -0.1) is 0 Å². The van der Waals surface area contributed by atoms with Crippen molar-refractivity contribution in [3.05, 3.63) is 41.4 Å². The van der Waals surface area contributed by atoms with E-state index in [1.54, 1.807) is 41.3 Å². The van der Waals surface area contributed by atoms with Crippen LogP contribution in [0.4, 0.5) is 21.9 Å². The molecule has 2 aromatic carbocycles. The van der Waals surface area contributed by atoms with Crippen molar-refractivity contribution in [1.29, 1.82) is 0 Å². The molecular weight excluding hydrogens is 394 g/mol. The van der Waals surface area contributed by atoms with Crippen LogP contribution < -0.4 is 25.0 Å². The number of fused-ring (bicyclic) bond motifs is 1. The molecule has 0 unspecified atom stereocenters. The molecule has 0 fully saturated rings. The van der Waals surface area contributed by atoms with Gasteiger partial charge in [-0.25, -0.2) is 4.79 Å². The van der Waals surface area contributed by atoms with E-state index in [1.807, 2.05) is 20.8 Å². The summed E-state index contributed by atoms with van der Waals surface area (Å²) in [5, 5.41) is 5.96. The summed E-state index contributed by atoms with van der Waals surface area (Å²) in [5.41, 5.74) is 0.962. The highest BCUT2D eigenvalue weighted by Gasteiger charge is 2.37. The van der Waals surface area contributed by atoms with Gasteiger partial charge in [-0.3, -0.25) is 4.79 Å². The minimum Gasteiger partial charge on any atom is -0.495 e. The number of carbonyl (C=O) groups is 2. The van der Waals surface area contributed by atoms with Gasteiger partial charge in [0, 0.05) is 17.3 Å². The lowest BCUT2D eigenvalue weighted by atomic mass is 9.93. The summed E-state index contributed by atoms with van der Waals surface area (Å²) >= 11 is 6.00. The normalized spacial score (nSPS) is 15.1. The number of urea groups is 1. The van der Waals surface area contributed by atoms with Gasteiger partial charge in [-0.2, -0.15) is 0 Å². The predicted octanol–water partition coefficient (Wildman–Crippen LogP) is 4.76. The molecule has 0 spiro atoms. The maximum absolute atomic E-state index is 12.9. The molecule has 7 nitrogen and oxygen atoms in total. The first-order valence-corrected chi connectivity index (χ1v) is 9.63. The van der Waals surface area contributed by atoms with Crippen LogP contribution in [0.2, 0.25) is 5.02 Å². The molecular formula is C21H24ClN3O4. The van der Waals surface area contributed by atoms with E-state index in [0.29, 0.717) is 40.1 Å². The smallest absolute Gasteiger partial charge is 0.323 e. The first-order chi connectivity index (χ1) is 13.7. The van der Waals surface area contributed by atoms with Crippen LogP contribution in [0.15, 0.2) is 36.4 Å². The molecule has 2 N–H and O–H groups in total. The molecule has 8 heteroatoms. The number of hydrogen-bond acceptors (Lipinski definition) is 4. The third-order valence-corrected chi connectivity index (χ3v) is 4.88. The summed E-state index contributed by atoms with van der Waals surface area (Å²) in [7, 11) is 1.51. The Labute approximate surface area is 174 Å². The number of carbonyl (C=O) groups excluding carboxylic acids is 2. The Morgan fingerprint density at radius 2 is 2.00 bits per heavy atom. The molecule has 0 atom stereocenters. The average molecular weight is 418 g/mol. The van der Waals surface area contributed by atoms with Gasteiger partial charge in [-0.05, 0) is 57.2 Å². The second-order valence-corrected chi connectivity index (χ2v) is 7.76. The summed E-state index contributed by atoms with van der Waals surface area (Å²) in [6.07, 6.45) is 0. The van der Waals surface area contributed by atoms with Crippen LogP contribution in [-0.4, -0.2) is 32.2 Å². The highest BCUT2D eigenvalue weighted by atomic mass is 35.5. The van der Waals surface area contributed by atoms with Gasteiger partial charge in [-0.1, -0.05) is 11.6 Å². The van der Waals surface area contributed by atoms with Crippen LogP contribution in [-0.2, 0) is 4.79 Å². The van der Waals surface area contributed by atoms with Crippen LogP contribution in [0, 0.1) is 5.41 Å². The van der Waals surface area contributed by atoms with Crippen molar-refractivity contribution in [1.82, 2.24) is 0 Å². The highest BCUT2D eigenvalue weighted by Crippen LogP contribution is 2.38. The summed E-state index contributed by atoms with van der Waals surface area (Å²) in [5.74, 6) is 1.07. The van der Waals surface area contributed by atoms with Gasteiger partial charge in [0.15, 0.2) is 0 Å². The van der Waals surface area contributed by atoms with E-state index >= 15 is 0 Å². The van der Waals surface area contributed by atoms with Crippen molar-refractivity contribution in [2.24, 2.45) is 5.41 Å². The maximum Gasteiger partial charge on any atom is 0.323 e. The molecule has 3 amide bonds. The van der Waals surface area contributed by atoms with Crippen LogP contribution in [0.25, 0.3) is 0 Å². The molecule has 0 bridgehead atoms. The van der Waals surface area contributed by atoms with Gasteiger partial charge in [0.05, 0.1) is 23.9 Å². The summed E-state index contributed by atoms with van der Waals surface area (Å²) in [4.78, 5) is 27.0. The Balaban J connectivity index is 1.83. The first-order valence-electron chi connectivity index (χ1n) is 9.25. The Bertz CT molecular complexity index is 946. The quantitative estimate of drug-likeness (QED) is 0.751. The number of anilines is 3. The third kappa shape index (κ3) is 4.40. The zero-order valence-electron chi connectivity index (χ0n) is 16.8. The third-order valence-electron chi connectivity index (χ3n) is 4.65. The molecule has 0 radical (unpaired) electrons. The lowest BCUT2D eigenvalue weighted by Gasteiger charge is -2.27. The van der Waals surface area contributed by atoms with Gasteiger partial charge in [0.2, 0.25) is 5.91 Å². The minimum absolute atomic E-state index is 0.0241. The van der Waals surface area contributed by atoms with Crippen LogP contribution >= 0.6 is 11.6 Å². The van der Waals surface area contributed by atoms with Crippen molar-refractivity contribution >= 4 is 40.6 Å². The van der Waals surface area contributed by atoms with E-state index in [4.69, 9.17) is 21.1 Å². The monoisotopic (exact) mass is 417 g/mol. The second kappa shape index (κ2) is 8.21. The number of nitrogens with zero attached hydrogens (tertiary/aromatic N) is 1. The molecule has 0 aromatic heterocycles. The molecule has 2 aromatic rings. The van der Waals surface area contributed by atoms with E-state index in [0.717, 1.165) is 0 Å². The number of halogens is 1. The van der Waals surface area contributed by atoms with E-state index in [9.17, 15) is 9.59 Å². The van der Waals surface area contributed by atoms with Crippen molar-refractivity contribution in [3.63, 3.8) is 0 Å². The van der Waals surface area contributed by atoms with E-state index in [2.05, 4.69) is 10.6 Å². The molecule has 0 saturated heterocycles. The number of benzene rings is 2. The van der Waals surface area contributed by atoms with Gasteiger partial charge >= 0.3 is 6.03 Å². The van der Waals surface area contributed by atoms with E-state index in [-0.39, 0.29) is 12.5 Å². The standard InChI is InChI=1S/C21H24ClN3O4/c1-5-25-16-11-14(7-9-18(16)29-12-21(2,3)19(25)26)23-20(27)24-15-10-13(22)6-8-17(15)28-4/h6-11H,5,12H2,1-4H3,(H2,23,24,27). The Hall–Kier alpha value is -2.93. The maximum atomic E-state index is 12.9. The summed E-state index contributed by atoms with van der Waals surface area (Å²) < 4.78 is 11.1. The predicted molar refractivity (Wildman–Crippen MR) is 114 cm³/mol. The Kier molecular flexibility index (Phi) is 5.88. The van der Waals surface area contributed by atoms with Crippen molar-refractivity contribution < 1.29 is 19.1 Å². The lowest BCUT2D eigenvalue weighted by molar-refractivity contribution is -0.127. The fraction of sp³-hybridized carbons (Fsp3) is 0.333. The number of nitrogens with one attached hydrogen (secondary N) is 2. The molecule has 0 saturated carbocycles. The van der Waals surface area contributed by atoms with Crippen LogP contribution in [0.3, 0.4) is 0 Å². The molecule has 1 aliphatic rings. The summed E-state index contributed by atoms with van der Waals surface area (Å²) in [6.45, 7) is 6.40. The number of ether oxygens (including phenoxy) is 2. The molecule has 1 aliphatic heterocycles. The first kappa shape index (κ1) is 20.8. The fourth-order valence-electron chi connectivity index (χ4n) is 3.10. The number of amides is 3. The van der Waals surface area contributed by atoms with Crippen LogP contribution in [0.1, 0.15) is 20.8 Å². The van der Waals surface area contributed by atoms with Gasteiger partial charge in [0.25, 0.3) is 0 Å². The molecule has 1 heterocycles. The van der Waals surface area contributed by atoms with Crippen molar-refractivity contribution in [2.75, 3.05) is 35.8 Å². The number of hydrogen-bond donors (Lipinski definition) is 2. The van der Waals surface area contributed by atoms with Crippen molar-refractivity contribution in [2.45, 2.75) is 20.8 Å². The fourth-order valence-corrected chi connectivity index (χ4v) is 3.27. The van der Waals surface area contributed by atoms with Gasteiger partial charge in [0.1, 0.15) is 18.1 Å². The summed E-state index contributed by atoms with van der Waals surface area (Å²) in [6, 6.07) is 9.69. The zero-order valence-corrected chi connectivity index (χ0v) is 17.6. The average Bonchev–Trinajstić information content (AvgIpc) is 2.76. The second-order valence-electron chi connectivity index (χ2n) is 7.33. The Morgan fingerprint density at radius 1 is 1.24 bits per heavy atom. The molecule has 3 rings (SSSR count). The molecule has 29 heavy (non-hydrogen) atoms. The lowest BCUT2D eigenvalue weighted by Crippen LogP contribution is -2.42. The number of rotatable bonds is 4. The van der Waals surface area contributed by atoms with Crippen molar-refractivity contribution in [3.8, 4) is 11.5 Å². The molecule has 0 aliphatic carbocycles. The van der Waals surface area contributed by atoms with Gasteiger partial charge < -0.3 is 25.0 Å². The van der Waals surface area contributed by atoms with E-state index in [1.165, 1.54) is 7.11 Å². The highest BCUT2D eigenvalue weighted by molar-refractivity contribution is 6.31. The largest absolute Gasteiger partial charge is 0.495 e. The topological polar surface area (TPSA) is 79.9 Å². The SMILES string of the molecule is CCN1C(=O)C(C)(C)COc2ccc(NC(=O)Nc3cc(Cl)ccc3OC)cc21.